The van der Waals surface area contributed by atoms with Crippen molar-refractivity contribution < 1.29 is 9.59 Å². The van der Waals surface area contributed by atoms with Crippen molar-refractivity contribution in [2.45, 2.75) is 37.8 Å². The zero-order valence-corrected chi connectivity index (χ0v) is 14.9. The van der Waals surface area contributed by atoms with Crippen LogP contribution in [0.2, 0.25) is 0 Å². The summed E-state index contributed by atoms with van der Waals surface area (Å²) in [5, 5.41) is 0. The van der Waals surface area contributed by atoms with E-state index in [2.05, 4.69) is 0 Å². The molecule has 0 aromatic heterocycles. The van der Waals surface area contributed by atoms with Crippen molar-refractivity contribution in [2.75, 3.05) is 13.1 Å². The molecule has 1 saturated carbocycles. The molecule has 2 amide bonds. The van der Waals surface area contributed by atoms with Gasteiger partial charge in [-0.05, 0) is 37.1 Å². The van der Waals surface area contributed by atoms with E-state index in [0.717, 1.165) is 36.8 Å². The van der Waals surface area contributed by atoms with Gasteiger partial charge < -0.3 is 9.80 Å². The molecule has 1 aliphatic carbocycles. The van der Waals surface area contributed by atoms with Crippen molar-refractivity contribution in [2.24, 2.45) is 0 Å². The van der Waals surface area contributed by atoms with Crippen LogP contribution in [0.25, 0.3) is 0 Å². The average molecular weight is 348 g/mol. The van der Waals surface area contributed by atoms with Gasteiger partial charge in [-0.2, -0.15) is 0 Å². The Labute approximate surface area is 154 Å². The summed E-state index contributed by atoms with van der Waals surface area (Å²) in [6, 6.07) is 19.2. The fourth-order valence-corrected chi connectivity index (χ4v) is 4.36. The number of fused-ring (bicyclic) bond motifs is 1. The maximum atomic E-state index is 13.0. The number of rotatable bonds is 2. The van der Waals surface area contributed by atoms with Gasteiger partial charge in [-0.15, -0.1) is 0 Å². The Kier molecular flexibility index (Phi) is 4.74. The molecule has 2 aromatic carbocycles. The van der Waals surface area contributed by atoms with E-state index in [1.165, 1.54) is 0 Å². The Morgan fingerprint density at radius 2 is 1.04 bits per heavy atom. The minimum atomic E-state index is 0.0920. The molecular formula is C22H24N2O2. The van der Waals surface area contributed by atoms with Gasteiger partial charge in [0.1, 0.15) is 0 Å². The summed E-state index contributed by atoms with van der Waals surface area (Å²) in [6.07, 6.45) is 4.18. The molecule has 4 heteroatoms. The van der Waals surface area contributed by atoms with Gasteiger partial charge in [0.2, 0.25) is 0 Å². The number of hydrogen-bond acceptors (Lipinski definition) is 2. The van der Waals surface area contributed by atoms with E-state index in [1.807, 2.05) is 70.5 Å². The predicted octanol–water partition coefficient (Wildman–Crippen LogP) is 3.60. The first-order chi connectivity index (χ1) is 12.8. The first-order valence-corrected chi connectivity index (χ1v) is 9.48. The molecule has 1 aliphatic heterocycles. The largest absolute Gasteiger partial charge is 0.332 e. The monoisotopic (exact) mass is 348 g/mol. The maximum Gasteiger partial charge on any atom is 0.254 e. The third kappa shape index (κ3) is 3.12. The number of piperazine rings is 1. The van der Waals surface area contributed by atoms with E-state index in [-0.39, 0.29) is 23.9 Å². The van der Waals surface area contributed by atoms with Gasteiger partial charge in [0.15, 0.2) is 0 Å². The molecule has 2 atom stereocenters. The number of benzene rings is 2. The van der Waals surface area contributed by atoms with Crippen molar-refractivity contribution >= 4 is 11.8 Å². The zero-order chi connectivity index (χ0) is 17.9. The number of carbonyl (C=O) groups excluding carboxylic acids is 2. The van der Waals surface area contributed by atoms with Gasteiger partial charge in [0, 0.05) is 24.2 Å². The smallest absolute Gasteiger partial charge is 0.254 e. The highest BCUT2D eigenvalue weighted by molar-refractivity contribution is 5.96. The molecule has 1 saturated heterocycles. The molecule has 0 spiro atoms. The Morgan fingerprint density at radius 1 is 0.654 bits per heavy atom. The van der Waals surface area contributed by atoms with Gasteiger partial charge in [-0.3, -0.25) is 9.59 Å². The summed E-state index contributed by atoms with van der Waals surface area (Å²) in [5.74, 6) is 0.184. The van der Waals surface area contributed by atoms with Crippen molar-refractivity contribution in [3.63, 3.8) is 0 Å². The second kappa shape index (κ2) is 7.32. The molecule has 2 fully saturated rings. The zero-order valence-electron chi connectivity index (χ0n) is 14.9. The second-order valence-electron chi connectivity index (χ2n) is 7.15. The van der Waals surface area contributed by atoms with Crippen molar-refractivity contribution in [1.29, 1.82) is 0 Å². The van der Waals surface area contributed by atoms with Crippen LogP contribution in [0.5, 0.6) is 0 Å². The number of carbonyl (C=O) groups is 2. The lowest BCUT2D eigenvalue weighted by Gasteiger charge is -2.50. The lowest BCUT2D eigenvalue weighted by atomic mass is 9.85. The van der Waals surface area contributed by atoms with Gasteiger partial charge in [-0.1, -0.05) is 49.2 Å². The highest BCUT2D eigenvalue weighted by Gasteiger charge is 2.42. The Bertz CT molecular complexity index is 708. The topological polar surface area (TPSA) is 40.6 Å². The van der Waals surface area contributed by atoms with Gasteiger partial charge in [0.25, 0.3) is 11.8 Å². The molecule has 134 valence electrons. The average Bonchev–Trinajstić information content (AvgIpc) is 2.73. The second-order valence-corrected chi connectivity index (χ2v) is 7.15. The van der Waals surface area contributed by atoms with Crippen LogP contribution < -0.4 is 0 Å². The Balaban J connectivity index is 1.58. The molecule has 0 unspecified atom stereocenters. The molecule has 2 aromatic rings. The van der Waals surface area contributed by atoms with Gasteiger partial charge in [0.05, 0.1) is 12.1 Å². The molecule has 0 radical (unpaired) electrons. The molecule has 2 aliphatic rings. The van der Waals surface area contributed by atoms with E-state index in [4.69, 9.17) is 0 Å². The summed E-state index contributed by atoms with van der Waals surface area (Å²) in [7, 11) is 0. The molecular weight excluding hydrogens is 324 g/mol. The lowest BCUT2D eigenvalue weighted by molar-refractivity contribution is 0.00378. The lowest BCUT2D eigenvalue weighted by Crippen LogP contribution is -2.63. The number of amides is 2. The normalized spacial score (nSPS) is 22.6. The van der Waals surface area contributed by atoms with Gasteiger partial charge >= 0.3 is 0 Å². The number of nitrogens with zero attached hydrogens (tertiary/aromatic N) is 2. The fourth-order valence-electron chi connectivity index (χ4n) is 4.36. The molecule has 0 bridgehead atoms. The summed E-state index contributed by atoms with van der Waals surface area (Å²) < 4.78 is 0. The van der Waals surface area contributed by atoms with Crippen LogP contribution in [0.4, 0.5) is 0 Å². The standard InChI is InChI=1S/C22H24N2O2/c25-21(17-9-3-1-4-10-17)23-15-16-24(20-14-8-7-13-19(20)23)22(26)18-11-5-2-6-12-18/h1-6,9-12,19-20H,7-8,13-16H2/t19-,20-/m1/s1. The van der Waals surface area contributed by atoms with Crippen LogP contribution in [-0.2, 0) is 0 Å². The van der Waals surface area contributed by atoms with Crippen molar-refractivity contribution in [3.05, 3.63) is 71.8 Å². The molecule has 4 nitrogen and oxygen atoms in total. The fraction of sp³-hybridized carbons (Fsp3) is 0.364. The van der Waals surface area contributed by atoms with Crippen LogP contribution in [0.1, 0.15) is 46.4 Å². The van der Waals surface area contributed by atoms with Gasteiger partial charge in [-0.25, -0.2) is 0 Å². The molecule has 26 heavy (non-hydrogen) atoms. The van der Waals surface area contributed by atoms with Crippen LogP contribution in [0.3, 0.4) is 0 Å². The van der Waals surface area contributed by atoms with Crippen LogP contribution in [-0.4, -0.2) is 46.8 Å². The molecule has 1 heterocycles. The Morgan fingerprint density at radius 3 is 1.42 bits per heavy atom. The quantitative estimate of drug-likeness (QED) is 0.832. The first-order valence-electron chi connectivity index (χ1n) is 9.48. The molecule has 4 rings (SSSR count). The SMILES string of the molecule is O=C(c1ccccc1)N1CCN(C(=O)c2ccccc2)[C@@H]2CCCC[C@H]21. The van der Waals surface area contributed by atoms with E-state index >= 15 is 0 Å². The molecule has 0 N–H and O–H groups in total. The highest BCUT2D eigenvalue weighted by atomic mass is 16.2. The van der Waals surface area contributed by atoms with E-state index < -0.39 is 0 Å². The predicted molar refractivity (Wildman–Crippen MR) is 101 cm³/mol. The Hall–Kier alpha value is -2.62. The highest BCUT2D eigenvalue weighted by Crippen LogP contribution is 2.32. The van der Waals surface area contributed by atoms with Crippen LogP contribution in [0.15, 0.2) is 60.7 Å². The van der Waals surface area contributed by atoms with Crippen LogP contribution in [0, 0.1) is 0 Å². The third-order valence-electron chi connectivity index (χ3n) is 5.64. The van der Waals surface area contributed by atoms with Crippen molar-refractivity contribution in [1.82, 2.24) is 9.80 Å². The summed E-state index contributed by atoms with van der Waals surface area (Å²) >= 11 is 0. The third-order valence-corrected chi connectivity index (χ3v) is 5.64. The van der Waals surface area contributed by atoms with E-state index in [9.17, 15) is 9.59 Å². The maximum absolute atomic E-state index is 13.0. The van der Waals surface area contributed by atoms with E-state index in [1.54, 1.807) is 0 Å². The number of hydrogen-bond donors (Lipinski definition) is 0. The first kappa shape index (κ1) is 16.8. The van der Waals surface area contributed by atoms with E-state index in [0.29, 0.717) is 13.1 Å². The summed E-state index contributed by atoms with van der Waals surface area (Å²) in [4.78, 5) is 30.1. The summed E-state index contributed by atoms with van der Waals surface area (Å²) in [6.45, 7) is 1.21. The minimum Gasteiger partial charge on any atom is -0.332 e. The minimum absolute atomic E-state index is 0.0920. The summed E-state index contributed by atoms with van der Waals surface area (Å²) in [5.41, 5.74) is 1.47. The van der Waals surface area contributed by atoms with Crippen molar-refractivity contribution in [3.8, 4) is 0 Å². The van der Waals surface area contributed by atoms with Crippen LogP contribution >= 0.6 is 0 Å².